The molecule has 0 radical (unpaired) electrons. The van der Waals surface area contributed by atoms with Crippen LogP contribution in [-0.4, -0.2) is 52.7 Å². The van der Waals surface area contributed by atoms with Gasteiger partial charge in [-0.25, -0.2) is 9.78 Å². The minimum Gasteiger partial charge on any atom is -0.493 e. The maximum Gasteiger partial charge on any atom is 0.355 e. The Morgan fingerprint density at radius 3 is 2.49 bits per heavy atom. The molecule has 1 aliphatic heterocycles. The molecule has 2 aromatic heterocycles. The highest BCUT2D eigenvalue weighted by Gasteiger charge is 2.27. The Kier molecular flexibility index (Phi) is 8.58. The fraction of sp³-hybridized carbons (Fsp3) is 0.250. The van der Waals surface area contributed by atoms with Crippen LogP contribution >= 0.6 is 11.3 Å². The second kappa shape index (κ2) is 12.3. The number of aromatic nitrogens is 1. The van der Waals surface area contributed by atoms with Crippen molar-refractivity contribution in [2.75, 3.05) is 25.1 Å². The average molecular weight is 601 g/mol. The highest BCUT2D eigenvalue weighted by Crippen LogP contribution is 2.43. The Morgan fingerprint density at radius 2 is 1.79 bits per heavy atom. The van der Waals surface area contributed by atoms with Crippen LogP contribution in [0, 0.1) is 5.41 Å². The summed E-state index contributed by atoms with van der Waals surface area (Å²) in [6, 6.07) is 15.4. The lowest BCUT2D eigenvalue weighted by atomic mass is 9.93. The summed E-state index contributed by atoms with van der Waals surface area (Å²) >= 11 is 1.54. The molecule has 4 aromatic rings. The van der Waals surface area contributed by atoms with Crippen LogP contribution in [0.25, 0.3) is 21.6 Å². The number of thiophene rings is 1. The Balaban J connectivity index is 1.61. The van der Waals surface area contributed by atoms with E-state index < -0.39 is 23.2 Å². The van der Waals surface area contributed by atoms with Crippen molar-refractivity contribution >= 4 is 34.8 Å². The van der Waals surface area contributed by atoms with Crippen LogP contribution in [0.2, 0.25) is 0 Å². The number of carboxylic acid groups (broad SMARTS) is 1. The van der Waals surface area contributed by atoms with Crippen LogP contribution in [0.4, 0.5) is 5.69 Å². The zero-order chi connectivity index (χ0) is 30.7. The minimum absolute atomic E-state index is 0.102. The quantitative estimate of drug-likeness (QED) is 0.187. The molecule has 0 aliphatic carbocycles. The molecule has 0 unspecified atom stereocenters. The van der Waals surface area contributed by atoms with Crippen molar-refractivity contribution in [1.29, 1.82) is 0 Å². The van der Waals surface area contributed by atoms with E-state index in [2.05, 4.69) is 15.6 Å². The summed E-state index contributed by atoms with van der Waals surface area (Å²) in [5.74, 6) is -1.88. The Bertz CT molecular complexity index is 1700. The number of nitrogens with zero attached hydrogens (tertiary/aromatic N) is 1. The number of carbonyl (C=O) groups is 3. The molecule has 2 amide bonds. The van der Waals surface area contributed by atoms with Crippen LogP contribution in [-0.2, 0) is 13.0 Å². The van der Waals surface area contributed by atoms with E-state index in [0.29, 0.717) is 36.6 Å². The number of nitrogens with two attached hydrogens (primary N) is 1. The number of rotatable bonds is 9. The van der Waals surface area contributed by atoms with Gasteiger partial charge in [-0.3, -0.25) is 9.59 Å². The number of benzene rings is 2. The van der Waals surface area contributed by atoms with E-state index in [4.69, 9.17) is 10.5 Å². The number of pyridine rings is 1. The number of nitrogens with one attached hydrogen (secondary N) is 2. The van der Waals surface area contributed by atoms with Crippen molar-refractivity contribution in [3.63, 3.8) is 0 Å². The van der Waals surface area contributed by atoms with Gasteiger partial charge in [-0.1, -0.05) is 26.0 Å². The van der Waals surface area contributed by atoms with E-state index in [0.717, 1.165) is 21.6 Å². The summed E-state index contributed by atoms with van der Waals surface area (Å²) in [6.07, 6.45) is 0.691. The molecule has 5 rings (SSSR count). The smallest absolute Gasteiger partial charge is 0.355 e. The molecule has 6 N–H and O–H groups in total. The van der Waals surface area contributed by atoms with Gasteiger partial charge >= 0.3 is 5.97 Å². The van der Waals surface area contributed by atoms with Gasteiger partial charge < -0.3 is 31.3 Å². The number of ether oxygens (including phenoxy) is 1. The van der Waals surface area contributed by atoms with Gasteiger partial charge in [0.25, 0.3) is 11.8 Å². The van der Waals surface area contributed by atoms with Crippen molar-refractivity contribution in [3.05, 3.63) is 88.1 Å². The minimum atomic E-state index is -1.36. The molecular weight excluding hydrogens is 568 g/mol. The summed E-state index contributed by atoms with van der Waals surface area (Å²) in [7, 11) is 0. The second-order valence-corrected chi connectivity index (χ2v) is 11.9. The number of carboxylic acids is 1. The van der Waals surface area contributed by atoms with E-state index in [-0.39, 0.29) is 35.7 Å². The topological polar surface area (TPSA) is 164 Å². The fourth-order valence-electron chi connectivity index (χ4n) is 4.68. The summed E-state index contributed by atoms with van der Waals surface area (Å²) < 4.78 is 6.08. The number of anilines is 1. The number of aliphatic hydroxyl groups excluding tert-OH is 1. The summed E-state index contributed by atoms with van der Waals surface area (Å²) in [4.78, 5) is 44.3. The molecule has 2 aromatic carbocycles. The van der Waals surface area contributed by atoms with Crippen LogP contribution < -0.4 is 21.1 Å². The third-order valence-corrected chi connectivity index (χ3v) is 8.20. The second-order valence-electron chi connectivity index (χ2n) is 11.0. The predicted octanol–water partition coefficient (Wildman–Crippen LogP) is 4.57. The monoisotopic (exact) mass is 600 g/mol. The molecule has 10 nitrogen and oxygen atoms in total. The van der Waals surface area contributed by atoms with E-state index in [1.807, 2.05) is 23.6 Å². The Hall–Kier alpha value is -4.58. The van der Waals surface area contributed by atoms with Gasteiger partial charge in [-0.15, -0.1) is 11.3 Å². The van der Waals surface area contributed by atoms with Gasteiger partial charge in [0, 0.05) is 64.4 Å². The molecule has 0 saturated heterocycles. The highest BCUT2D eigenvalue weighted by molar-refractivity contribution is 7.13. The van der Waals surface area contributed by atoms with Crippen molar-refractivity contribution in [1.82, 2.24) is 10.3 Å². The van der Waals surface area contributed by atoms with E-state index >= 15 is 0 Å². The molecule has 1 aliphatic rings. The molecule has 11 heteroatoms. The molecule has 43 heavy (non-hydrogen) atoms. The van der Waals surface area contributed by atoms with Crippen molar-refractivity contribution in [2.24, 2.45) is 11.1 Å². The lowest BCUT2D eigenvalue weighted by Crippen LogP contribution is -2.36. The molecular formula is C32H32N4O6S. The highest BCUT2D eigenvalue weighted by atomic mass is 32.1. The average Bonchev–Trinajstić information content (AvgIpc) is 3.41. The van der Waals surface area contributed by atoms with Gasteiger partial charge in [0.2, 0.25) is 0 Å². The molecule has 0 bridgehead atoms. The standard InChI is InChI=1S/C32H32N4O6S/c1-32(2,17-37)16-34-30(39)25-8-7-21(27(36-25)31(40)41)22-14-26-24(28-19(9-11-42-26)10-12-43-28)13-23(22)29(38)35-20-5-3-18(15-33)4-6-20/h3-8,10,12-14,37H,9,11,15-17,33H2,1-2H3,(H,34,39)(H,35,38)(H,40,41). The molecule has 0 atom stereocenters. The van der Waals surface area contributed by atoms with Crippen LogP contribution in [0.3, 0.4) is 0 Å². The predicted molar refractivity (Wildman–Crippen MR) is 165 cm³/mol. The van der Waals surface area contributed by atoms with E-state index in [1.54, 1.807) is 49.4 Å². The maximum atomic E-state index is 13.8. The van der Waals surface area contributed by atoms with Crippen molar-refractivity contribution in [2.45, 2.75) is 26.8 Å². The van der Waals surface area contributed by atoms with Gasteiger partial charge in [0.05, 0.1) is 6.61 Å². The summed E-state index contributed by atoms with van der Waals surface area (Å²) in [5.41, 5.74) is 8.63. The van der Waals surface area contributed by atoms with E-state index in [1.165, 1.54) is 12.1 Å². The number of fused-ring (bicyclic) bond motifs is 3. The first-order chi connectivity index (χ1) is 20.6. The Morgan fingerprint density at radius 1 is 1.02 bits per heavy atom. The summed E-state index contributed by atoms with van der Waals surface area (Å²) in [6.45, 7) is 4.37. The van der Waals surface area contributed by atoms with Gasteiger partial charge in [0.1, 0.15) is 11.4 Å². The third-order valence-electron chi connectivity index (χ3n) is 7.21. The summed E-state index contributed by atoms with van der Waals surface area (Å²) in [5, 5.41) is 27.2. The zero-order valence-electron chi connectivity index (χ0n) is 23.8. The lowest BCUT2D eigenvalue weighted by molar-refractivity contribution is 0.0691. The first-order valence-corrected chi connectivity index (χ1v) is 14.6. The lowest BCUT2D eigenvalue weighted by Gasteiger charge is -2.21. The SMILES string of the molecule is CC(C)(CO)CNC(=O)c1ccc(-c2cc3c(cc2C(=O)Nc2ccc(CN)cc2)-c2sccc2CCO3)c(C(=O)O)n1. The number of hydrogen-bond acceptors (Lipinski definition) is 8. The van der Waals surface area contributed by atoms with Gasteiger partial charge in [-0.05, 0) is 59.0 Å². The van der Waals surface area contributed by atoms with Crippen LogP contribution in [0.5, 0.6) is 5.75 Å². The Labute approximate surface area is 252 Å². The first kappa shape index (κ1) is 29.9. The number of hydrogen-bond donors (Lipinski definition) is 5. The van der Waals surface area contributed by atoms with Crippen LogP contribution in [0.15, 0.2) is 60.0 Å². The first-order valence-electron chi connectivity index (χ1n) is 13.7. The number of aromatic carboxylic acids is 1. The fourth-order valence-corrected chi connectivity index (χ4v) is 5.66. The number of aliphatic hydroxyl groups is 1. The molecule has 222 valence electrons. The normalized spacial score (nSPS) is 12.4. The van der Waals surface area contributed by atoms with Crippen LogP contribution in [0.1, 0.15) is 56.3 Å². The molecule has 3 heterocycles. The number of carbonyl (C=O) groups excluding carboxylic acids is 2. The zero-order valence-corrected chi connectivity index (χ0v) is 24.6. The third kappa shape index (κ3) is 6.43. The van der Waals surface area contributed by atoms with Crippen molar-refractivity contribution < 1.29 is 29.3 Å². The maximum absolute atomic E-state index is 13.8. The molecule has 0 fully saturated rings. The van der Waals surface area contributed by atoms with Crippen molar-refractivity contribution in [3.8, 4) is 27.3 Å². The molecule has 0 saturated carbocycles. The largest absolute Gasteiger partial charge is 0.493 e. The molecule has 0 spiro atoms. The van der Waals surface area contributed by atoms with Gasteiger partial charge in [0.15, 0.2) is 5.69 Å². The number of amides is 2. The van der Waals surface area contributed by atoms with E-state index in [9.17, 15) is 24.6 Å². The van der Waals surface area contributed by atoms with Gasteiger partial charge in [-0.2, -0.15) is 0 Å².